The van der Waals surface area contributed by atoms with Gasteiger partial charge in [0.05, 0.1) is 21.0 Å². The minimum atomic E-state index is -0.489. The van der Waals surface area contributed by atoms with Crippen LogP contribution in [0, 0.1) is 0 Å². The highest BCUT2D eigenvalue weighted by Gasteiger charge is 2.45. The van der Waals surface area contributed by atoms with E-state index in [1.165, 1.54) is 5.56 Å². The van der Waals surface area contributed by atoms with Gasteiger partial charge in [0.15, 0.2) is 5.65 Å². The van der Waals surface area contributed by atoms with E-state index in [4.69, 9.17) is 4.74 Å². The molecular weight excluding hydrogens is 944 g/mol. The van der Waals surface area contributed by atoms with E-state index in [-0.39, 0.29) is 41.1 Å². The lowest BCUT2D eigenvalue weighted by molar-refractivity contribution is -0.0434. The predicted molar refractivity (Wildman–Crippen MR) is 261 cm³/mol. The molecule has 3 aliphatic rings. The van der Waals surface area contributed by atoms with Gasteiger partial charge < -0.3 is 19.5 Å². The third-order valence-corrected chi connectivity index (χ3v) is 13.4. The fourth-order valence-corrected chi connectivity index (χ4v) is 8.98. The van der Waals surface area contributed by atoms with Crippen LogP contribution in [0.1, 0.15) is 98.4 Å². The number of nitrogens with one attached hydrogen (secondary N) is 3. The smallest absolute Gasteiger partial charge is 0.413 e. The third-order valence-electron chi connectivity index (χ3n) is 11.7. The number of amides is 3. The van der Waals surface area contributed by atoms with Gasteiger partial charge in [-0.1, -0.05) is 30.3 Å². The van der Waals surface area contributed by atoms with Crippen LogP contribution in [-0.4, -0.2) is 89.3 Å². The van der Waals surface area contributed by atoms with Gasteiger partial charge in [-0.3, -0.25) is 24.3 Å². The van der Waals surface area contributed by atoms with Gasteiger partial charge in [0.1, 0.15) is 16.0 Å². The van der Waals surface area contributed by atoms with Crippen LogP contribution in [0.5, 0.6) is 0 Å². The van der Waals surface area contributed by atoms with Crippen LogP contribution < -0.4 is 21.6 Å². The molecule has 3 aliphatic heterocycles. The highest BCUT2D eigenvalue weighted by Crippen LogP contribution is 2.42. The minimum Gasteiger partial charge on any atom is -0.438 e. The first kappa shape index (κ1) is 48.2. The van der Waals surface area contributed by atoms with Crippen LogP contribution in [0.15, 0.2) is 91.6 Å². The Hall–Kier alpha value is -5.26. The number of ether oxygens (including phenoxy) is 1. The monoisotopic (exact) mass is 1000 g/mol. The summed E-state index contributed by atoms with van der Waals surface area (Å²) >= 11 is 6.67. The number of halogens is 2. The summed E-state index contributed by atoms with van der Waals surface area (Å²) < 4.78 is 10.6. The Morgan fingerprint density at radius 2 is 1.39 bits per heavy atom. The fraction of sp³-hybridized carbons (Fsp3) is 0.447. The summed E-state index contributed by atoms with van der Waals surface area (Å²) in [5.41, 5.74) is 5.80. The Kier molecular flexibility index (Phi) is 15.0. The standard InChI is InChI=1S/C14H19N3O2.C14H20N2O.C10H12N2O.C9H9Br2N3O/c1-10(2)17-8-5-14(6-9-17)11-4-3-7-15-12(11)16-13(18)19-14;1-14(2,3)16-10-9-11-7-5-6-8-12(11)15(4)13(16)17;1-7(2)12-9-6-4-3-5-8(9)11-10(12)13;1-4(2)14-6-3-5(10)7(11)12-8(6)13-9(14)15/h3-4,7,10H,5-6,8-9H2,1-2H3,(H,15,16,18);5-8H,9-10H2,1-4H3;3-7H,1-2H3,(H,11,13);3-4H,1-2H3,(H,12,13,15). The molecule has 17 heteroatoms. The average Bonchev–Trinajstić information content (AvgIpc) is 3.71. The number of rotatable bonds is 3. The van der Waals surface area contributed by atoms with Crippen LogP contribution >= 0.6 is 31.9 Å². The second-order valence-corrected chi connectivity index (χ2v) is 19.6. The summed E-state index contributed by atoms with van der Waals surface area (Å²) in [5, 5.41) is 2.68. The Morgan fingerprint density at radius 3 is 2.05 bits per heavy atom. The molecule has 0 atom stereocenters. The Morgan fingerprint density at radius 1 is 0.766 bits per heavy atom. The molecule has 2 aromatic carbocycles. The molecule has 0 unspecified atom stereocenters. The van der Waals surface area contributed by atoms with Crippen molar-refractivity contribution in [1.29, 1.82) is 0 Å². The van der Waals surface area contributed by atoms with Gasteiger partial charge in [0.2, 0.25) is 0 Å². The number of aromatic nitrogens is 6. The Balaban J connectivity index is 0.000000143. The maximum atomic E-state index is 12.4. The van der Waals surface area contributed by atoms with E-state index >= 15 is 0 Å². The first-order chi connectivity index (χ1) is 30.2. The van der Waals surface area contributed by atoms with E-state index in [1.54, 1.807) is 20.2 Å². The number of likely N-dealkylation sites (tertiary alicyclic amines) is 1. The number of benzene rings is 2. The maximum Gasteiger partial charge on any atom is 0.413 e. The quantitative estimate of drug-likeness (QED) is 0.147. The Bertz CT molecular complexity index is 2720. The van der Waals surface area contributed by atoms with E-state index in [1.807, 2.05) is 100 Å². The number of hydrogen-bond acceptors (Lipinski definition) is 8. The molecule has 4 aromatic heterocycles. The molecule has 1 saturated heterocycles. The van der Waals surface area contributed by atoms with Gasteiger partial charge in [0.25, 0.3) is 0 Å². The minimum absolute atomic E-state index is 0.0313. The average molecular weight is 1000 g/mol. The molecule has 15 nitrogen and oxygen atoms in total. The van der Waals surface area contributed by atoms with Gasteiger partial charge in [-0.25, -0.2) is 29.1 Å². The predicted octanol–water partition coefficient (Wildman–Crippen LogP) is 9.98. The molecule has 7 heterocycles. The van der Waals surface area contributed by atoms with Crippen molar-refractivity contribution in [2.75, 3.05) is 36.9 Å². The molecule has 342 valence electrons. The summed E-state index contributed by atoms with van der Waals surface area (Å²) in [7, 11) is 1.85. The summed E-state index contributed by atoms with van der Waals surface area (Å²) in [6.07, 6.45) is 3.89. The SMILES string of the molecule is CC(C)N1CCC2(CC1)OC(=O)Nc1ncccc12.CC(C)n1c(=O)[nH]c2ccccc21.CC(C)n1c(=O)[nH]c2nc(Br)c(Br)cc21.CN1C(=O)N(C(C)(C)C)CCc2ccccc21. The molecule has 0 radical (unpaired) electrons. The topological polar surface area (TPSA) is 166 Å². The number of pyridine rings is 2. The zero-order valence-electron chi connectivity index (χ0n) is 38.3. The van der Waals surface area contributed by atoms with Crippen molar-refractivity contribution in [3.63, 3.8) is 0 Å². The van der Waals surface area contributed by atoms with Crippen molar-refractivity contribution in [3.05, 3.63) is 114 Å². The number of piperidine rings is 1. The van der Waals surface area contributed by atoms with Crippen molar-refractivity contribution in [2.24, 2.45) is 0 Å². The molecule has 1 spiro atoms. The number of anilines is 2. The van der Waals surface area contributed by atoms with Crippen molar-refractivity contribution >= 4 is 77.7 Å². The number of urea groups is 1. The molecule has 6 aromatic rings. The lowest BCUT2D eigenvalue weighted by Crippen LogP contribution is -2.50. The lowest BCUT2D eigenvalue weighted by atomic mass is 9.83. The highest BCUT2D eigenvalue weighted by molar-refractivity contribution is 9.13. The van der Waals surface area contributed by atoms with Crippen molar-refractivity contribution in [1.82, 2.24) is 38.9 Å². The van der Waals surface area contributed by atoms with Crippen LogP contribution in [-0.2, 0) is 16.8 Å². The van der Waals surface area contributed by atoms with Crippen LogP contribution in [0.3, 0.4) is 0 Å². The van der Waals surface area contributed by atoms with Crippen LogP contribution in [0.4, 0.5) is 21.1 Å². The second-order valence-electron chi connectivity index (χ2n) is 18.0. The van der Waals surface area contributed by atoms with Gasteiger partial charge in [-0.15, -0.1) is 0 Å². The number of fused-ring (bicyclic) bond motifs is 5. The van der Waals surface area contributed by atoms with Gasteiger partial charge in [0, 0.05) is 80.6 Å². The molecule has 1 fully saturated rings. The van der Waals surface area contributed by atoms with Gasteiger partial charge >= 0.3 is 23.5 Å². The fourth-order valence-electron chi connectivity index (χ4n) is 8.39. The number of aromatic amines is 2. The molecule has 64 heavy (non-hydrogen) atoms. The third kappa shape index (κ3) is 10.5. The number of carbonyl (C=O) groups excluding carboxylic acids is 2. The van der Waals surface area contributed by atoms with Crippen molar-refractivity contribution in [3.8, 4) is 0 Å². The number of imidazole rings is 2. The molecule has 3 N–H and O–H groups in total. The zero-order chi connectivity index (χ0) is 46.7. The number of hydrogen-bond donors (Lipinski definition) is 3. The molecule has 0 saturated carbocycles. The molecule has 0 bridgehead atoms. The highest BCUT2D eigenvalue weighted by atomic mass is 79.9. The molecule has 3 amide bonds. The summed E-state index contributed by atoms with van der Waals surface area (Å²) in [5.74, 6) is 0.650. The molecular formula is C47H60Br2N10O5. The first-order valence-electron chi connectivity index (χ1n) is 21.7. The number of nitrogens with zero attached hydrogens (tertiary/aromatic N) is 7. The van der Waals surface area contributed by atoms with E-state index < -0.39 is 5.60 Å². The van der Waals surface area contributed by atoms with Crippen molar-refractivity contribution in [2.45, 2.75) is 111 Å². The zero-order valence-corrected chi connectivity index (χ0v) is 41.5. The summed E-state index contributed by atoms with van der Waals surface area (Å²) in [6, 6.07) is 22.6. The van der Waals surface area contributed by atoms with Gasteiger partial charge in [-0.2, -0.15) is 0 Å². The van der Waals surface area contributed by atoms with E-state index in [0.717, 1.165) is 71.2 Å². The largest absolute Gasteiger partial charge is 0.438 e. The normalized spacial score (nSPS) is 16.0. The second kappa shape index (κ2) is 19.9. The summed E-state index contributed by atoms with van der Waals surface area (Å²) in [6.45, 7) is 21.2. The first-order valence-corrected chi connectivity index (χ1v) is 23.3. The number of H-pyrrole nitrogens is 2. The lowest BCUT2D eigenvalue weighted by Gasteiger charge is -2.44. The van der Waals surface area contributed by atoms with Crippen LogP contribution in [0.25, 0.3) is 22.2 Å². The number of carbonyl (C=O) groups is 2. The van der Waals surface area contributed by atoms with Crippen LogP contribution in [0.2, 0.25) is 0 Å². The van der Waals surface area contributed by atoms with Gasteiger partial charge in [-0.05, 0) is 143 Å². The van der Waals surface area contributed by atoms with E-state index in [9.17, 15) is 19.2 Å². The van der Waals surface area contributed by atoms with E-state index in [2.05, 4.69) is 103 Å². The number of para-hydroxylation sites is 3. The molecule has 9 rings (SSSR count). The van der Waals surface area contributed by atoms with E-state index in [0.29, 0.717) is 22.1 Å². The Labute approximate surface area is 390 Å². The van der Waals surface area contributed by atoms with Crippen molar-refractivity contribution < 1.29 is 14.3 Å². The summed E-state index contributed by atoms with van der Waals surface area (Å²) in [4.78, 5) is 67.4. The maximum absolute atomic E-state index is 12.4. The molecule has 0 aliphatic carbocycles.